The number of hydrogen-bond donors (Lipinski definition) is 1. The molecule has 0 aliphatic carbocycles. The third-order valence-corrected chi connectivity index (χ3v) is 5.35. The molecule has 92 valence electrons. The first-order chi connectivity index (χ1) is 8.22. The minimum absolute atomic E-state index is 0.225. The van der Waals surface area contributed by atoms with Crippen LogP contribution in [0.25, 0.3) is 0 Å². The van der Waals surface area contributed by atoms with Gasteiger partial charge in [0.05, 0.1) is 6.04 Å². The highest BCUT2D eigenvalue weighted by molar-refractivity contribution is 9.10. The van der Waals surface area contributed by atoms with Gasteiger partial charge in [-0.05, 0) is 47.3 Å². The maximum Gasteiger partial charge on any atom is 0.115 e. The van der Waals surface area contributed by atoms with Crippen LogP contribution >= 0.6 is 38.6 Å². The third-order valence-electron chi connectivity index (χ3n) is 2.39. The van der Waals surface area contributed by atoms with Gasteiger partial charge in [-0.25, -0.2) is 4.98 Å². The Bertz CT molecular complexity index is 478. The van der Waals surface area contributed by atoms with E-state index < -0.39 is 0 Å². The molecule has 0 fully saturated rings. The van der Waals surface area contributed by atoms with Crippen LogP contribution in [-0.2, 0) is 0 Å². The first-order valence-electron chi connectivity index (χ1n) is 5.60. The van der Waals surface area contributed by atoms with Gasteiger partial charge in [-0.15, -0.1) is 22.7 Å². The molecule has 2 rings (SSSR count). The quantitative estimate of drug-likeness (QED) is 0.880. The van der Waals surface area contributed by atoms with Crippen molar-refractivity contribution < 1.29 is 0 Å². The summed E-state index contributed by atoms with van der Waals surface area (Å²) >= 11 is 7.11. The predicted molar refractivity (Wildman–Crippen MR) is 79.0 cm³/mol. The van der Waals surface area contributed by atoms with Gasteiger partial charge in [-0.1, -0.05) is 6.92 Å². The maximum atomic E-state index is 4.60. The van der Waals surface area contributed by atoms with E-state index in [-0.39, 0.29) is 6.04 Å². The van der Waals surface area contributed by atoms with E-state index in [1.165, 1.54) is 9.35 Å². The van der Waals surface area contributed by atoms with Gasteiger partial charge >= 0.3 is 0 Å². The third kappa shape index (κ3) is 3.16. The molecule has 0 aromatic carbocycles. The summed E-state index contributed by atoms with van der Waals surface area (Å²) < 4.78 is 1.17. The lowest BCUT2D eigenvalue weighted by atomic mass is 10.2. The van der Waals surface area contributed by atoms with Gasteiger partial charge in [0, 0.05) is 20.4 Å². The molecular weight excluding hydrogens is 316 g/mol. The number of thiazole rings is 1. The van der Waals surface area contributed by atoms with Crippen LogP contribution in [0.15, 0.2) is 21.3 Å². The Morgan fingerprint density at radius 1 is 1.47 bits per heavy atom. The number of aromatic nitrogens is 1. The molecule has 17 heavy (non-hydrogen) atoms. The molecule has 2 nitrogen and oxygen atoms in total. The fourth-order valence-corrected chi connectivity index (χ4v) is 4.23. The Balaban J connectivity index is 2.28. The zero-order chi connectivity index (χ0) is 12.3. The summed E-state index contributed by atoms with van der Waals surface area (Å²) in [5.74, 6) is 0. The van der Waals surface area contributed by atoms with E-state index in [0.717, 1.165) is 23.7 Å². The molecule has 2 aromatic heterocycles. The molecule has 1 atom stereocenters. The van der Waals surface area contributed by atoms with Crippen molar-refractivity contribution in [3.63, 3.8) is 0 Å². The average Bonchev–Trinajstić information content (AvgIpc) is 2.90. The first-order valence-corrected chi connectivity index (χ1v) is 8.16. The van der Waals surface area contributed by atoms with E-state index >= 15 is 0 Å². The highest BCUT2D eigenvalue weighted by atomic mass is 79.9. The van der Waals surface area contributed by atoms with E-state index in [0.29, 0.717) is 0 Å². The zero-order valence-corrected chi connectivity index (χ0v) is 13.1. The zero-order valence-electron chi connectivity index (χ0n) is 9.87. The molecule has 0 amide bonds. The lowest BCUT2D eigenvalue weighted by Gasteiger charge is -2.15. The van der Waals surface area contributed by atoms with Crippen molar-refractivity contribution in [1.29, 1.82) is 0 Å². The standard InChI is InChI=1S/C12H15BrN2S2/c1-3-5-14-10(11-9(13)4-6-16-11)12-15-8(2)7-17-12/h4,6-7,10,14H,3,5H2,1-2H3. The van der Waals surface area contributed by atoms with Crippen LogP contribution in [0.1, 0.15) is 35.0 Å². The van der Waals surface area contributed by atoms with Gasteiger partial charge in [-0.2, -0.15) is 0 Å². The van der Waals surface area contributed by atoms with Crippen molar-refractivity contribution in [2.24, 2.45) is 0 Å². The highest BCUT2D eigenvalue weighted by Crippen LogP contribution is 2.34. The fourth-order valence-electron chi connectivity index (χ4n) is 1.60. The summed E-state index contributed by atoms with van der Waals surface area (Å²) in [5.41, 5.74) is 1.10. The topological polar surface area (TPSA) is 24.9 Å². The number of nitrogens with zero attached hydrogens (tertiary/aromatic N) is 1. The number of rotatable bonds is 5. The van der Waals surface area contributed by atoms with Crippen molar-refractivity contribution in [3.05, 3.63) is 36.9 Å². The van der Waals surface area contributed by atoms with Gasteiger partial charge in [0.2, 0.25) is 0 Å². The van der Waals surface area contributed by atoms with Gasteiger partial charge in [0.25, 0.3) is 0 Å². The van der Waals surface area contributed by atoms with Crippen molar-refractivity contribution in [2.75, 3.05) is 6.54 Å². The Morgan fingerprint density at radius 2 is 2.29 bits per heavy atom. The van der Waals surface area contributed by atoms with E-state index in [1.54, 1.807) is 22.7 Å². The van der Waals surface area contributed by atoms with Gasteiger partial charge in [-0.3, -0.25) is 0 Å². The number of aryl methyl sites for hydroxylation is 1. The Morgan fingerprint density at radius 3 is 2.82 bits per heavy atom. The Labute approximate surface area is 118 Å². The van der Waals surface area contributed by atoms with Crippen LogP contribution in [0.4, 0.5) is 0 Å². The van der Waals surface area contributed by atoms with Crippen molar-refractivity contribution in [3.8, 4) is 0 Å². The Kier molecular flexibility index (Phi) is 4.73. The van der Waals surface area contributed by atoms with Crippen LogP contribution < -0.4 is 5.32 Å². The van der Waals surface area contributed by atoms with Crippen LogP contribution in [0.5, 0.6) is 0 Å². The normalized spacial score (nSPS) is 12.9. The lowest BCUT2D eigenvalue weighted by Crippen LogP contribution is -2.22. The minimum Gasteiger partial charge on any atom is -0.304 e. The van der Waals surface area contributed by atoms with E-state index in [9.17, 15) is 0 Å². The Hall–Kier alpha value is -0.230. The number of halogens is 1. The number of nitrogens with one attached hydrogen (secondary N) is 1. The number of hydrogen-bond acceptors (Lipinski definition) is 4. The second-order valence-corrected chi connectivity index (χ2v) is 6.54. The molecule has 1 N–H and O–H groups in total. The molecule has 2 heterocycles. The smallest absolute Gasteiger partial charge is 0.115 e. The molecule has 1 unspecified atom stereocenters. The minimum atomic E-state index is 0.225. The molecule has 2 aromatic rings. The van der Waals surface area contributed by atoms with Crippen molar-refractivity contribution in [1.82, 2.24) is 10.3 Å². The van der Waals surface area contributed by atoms with Gasteiger partial charge in [0.15, 0.2) is 0 Å². The SMILES string of the molecule is CCCNC(c1nc(C)cs1)c1sccc1Br. The lowest BCUT2D eigenvalue weighted by molar-refractivity contribution is 0.601. The summed E-state index contributed by atoms with van der Waals surface area (Å²) in [4.78, 5) is 5.92. The van der Waals surface area contributed by atoms with E-state index in [1.807, 2.05) is 6.92 Å². The number of thiophene rings is 1. The molecule has 0 saturated heterocycles. The molecule has 0 aliphatic heterocycles. The molecular formula is C12H15BrN2S2. The van der Waals surface area contributed by atoms with Crippen molar-refractivity contribution >= 4 is 38.6 Å². The molecule has 0 radical (unpaired) electrons. The maximum absolute atomic E-state index is 4.60. The van der Waals surface area contributed by atoms with Crippen LogP contribution in [-0.4, -0.2) is 11.5 Å². The molecule has 5 heteroatoms. The first kappa shape index (κ1) is 13.2. The molecule has 0 saturated carbocycles. The average molecular weight is 331 g/mol. The molecule has 0 aliphatic rings. The van der Waals surface area contributed by atoms with Gasteiger partial charge < -0.3 is 5.32 Å². The predicted octanol–water partition coefficient (Wildman–Crippen LogP) is 4.36. The summed E-state index contributed by atoms with van der Waals surface area (Å²) in [6.07, 6.45) is 1.13. The largest absolute Gasteiger partial charge is 0.304 e. The second-order valence-electron chi connectivity index (χ2n) is 3.85. The van der Waals surface area contributed by atoms with Crippen LogP contribution in [0, 0.1) is 6.92 Å². The summed E-state index contributed by atoms with van der Waals surface area (Å²) in [6, 6.07) is 2.32. The summed E-state index contributed by atoms with van der Waals surface area (Å²) in [7, 11) is 0. The fraction of sp³-hybridized carbons (Fsp3) is 0.417. The van der Waals surface area contributed by atoms with E-state index in [2.05, 4.69) is 50.0 Å². The van der Waals surface area contributed by atoms with Crippen molar-refractivity contribution in [2.45, 2.75) is 26.3 Å². The second kappa shape index (κ2) is 6.09. The summed E-state index contributed by atoms with van der Waals surface area (Å²) in [6.45, 7) is 5.23. The molecule has 0 spiro atoms. The van der Waals surface area contributed by atoms with Gasteiger partial charge in [0.1, 0.15) is 5.01 Å². The van der Waals surface area contributed by atoms with E-state index in [4.69, 9.17) is 0 Å². The highest BCUT2D eigenvalue weighted by Gasteiger charge is 2.20. The summed E-state index contributed by atoms with van der Waals surface area (Å²) in [5, 5.41) is 8.94. The molecule has 0 bridgehead atoms. The van der Waals surface area contributed by atoms with Crippen LogP contribution in [0.3, 0.4) is 0 Å². The monoisotopic (exact) mass is 330 g/mol. The van der Waals surface area contributed by atoms with Crippen LogP contribution in [0.2, 0.25) is 0 Å².